The zero-order chi connectivity index (χ0) is 15.8. The molecule has 0 amide bonds. The summed E-state index contributed by atoms with van der Waals surface area (Å²) in [5.41, 5.74) is 1.29. The number of fused-ring (bicyclic) bond motifs is 3. The molecule has 0 radical (unpaired) electrons. The average Bonchev–Trinajstić information content (AvgIpc) is 3.10. The first-order valence-corrected chi connectivity index (χ1v) is 9.21. The lowest BCUT2D eigenvalue weighted by Crippen LogP contribution is -2.23. The standard InChI is InChI=1S/C17H15BrN2O2S/c18-11-3-1-4-12(9-11)22-8-7-20-10-19-16-15(17(20)21)13-5-2-6-14(13)23-16/h1,3-4,9-10H,2,5-8H2. The molecule has 23 heavy (non-hydrogen) atoms. The van der Waals surface area contributed by atoms with Gasteiger partial charge in [-0.05, 0) is 43.0 Å². The van der Waals surface area contributed by atoms with Crippen LogP contribution >= 0.6 is 27.3 Å². The van der Waals surface area contributed by atoms with E-state index in [2.05, 4.69) is 20.9 Å². The van der Waals surface area contributed by atoms with E-state index < -0.39 is 0 Å². The number of rotatable bonds is 4. The average molecular weight is 391 g/mol. The molecule has 0 fully saturated rings. The van der Waals surface area contributed by atoms with Crippen molar-refractivity contribution in [2.75, 3.05) is 6.61 Å². The number of benzene rings is 1. The van der Waals surface area contributed by atoms with Crippen LogP contribution in [0.25, 0.3) is 10.2 Å². The summed E-state index contributed by atoms with van der Waals surface area (Å²) in [5.74, 6) is 0.790. The summed E-state index contributed by atoms with van der Waals surface area (Å²) in [6, 6.07) is 7.69. The summed E-state index contributed by atoms with van der Waals surface area (Å²) in [6.07, 6.45) is 4.88. The van der Waals surface area contributed by atoms with Gasteiger partial charge in [0.2, 0.25) is 0 Å². The van der Waals surface area contributed by atoms with Gasteiger partial charge in [-0.25, -0.2) is 4.98 Å². The predicted octanol–water partition coefficient (Wildman–Crippen LogP) is 3.79. The molecule has 0 saturated carbocycles. The summed E-state index contributed by atoms with van der Waals surface area (Å²) in [6.45, 7) is 0.939. The molecule has 2 aromatic heterocycles. The van der Waals surface area contributed by atoms with E-state index in [1.807, 2.05) is 24.3 Å². The quantitative estimate of drug-likeness (QED) is 0.680. The van der Waals surface area contributed by atoms with Gasteiger partial charge < -0.3 is 4.74 Å². The number of halogens is 1. The van der Waals surface area contributed by atoms with Crippen molar-refractivity contribution in [3.05, 3.63) is 55.9 Å². The lowest BCUT2D eigenvalue weighted by Gasteiger charge is -2.08. The summed E-state index contributed by atoms with van der Waals surface area (Å²) in [5, 5.41) is 0.826. The van der Waals surface area contributed by atoms with Gasteiger partial charge in [0.25, 0.3) is 5.56 Å². The van der Waals surface area contributed by atoms with Crippen molar-refractivity contribution in [1.82, 2.24) is 9.55 Å². The van der Waals surface area contributed by atoms with Crippen molar-refractivity contribution in [3.8, 4) is 5.75 Å². The molecule has 1 aliphatic carbocycles. The third-order valence-electron chi connectivity index (χ3n) is 4.09. The molecule has 0 aliphatic heterocycles. The van der Waals surface area contributed by atoms with Crippen LogP contribution in [0.15, 0.2) is 39.9 Å². The molecule has 0 unspecified atom stereocenters. The van der Waals surface area contributed by atoms with Crippen LogP contribution < -0.4 is 10.3 Å². The Hall–Kier alpha value is -1.66. The number of thiophene rings is 1. The normalized spacial score (nSPS) is 13.4. The number of hydrogen-bond donors (Lipinski definition) is 0. The molecule has 4 nitrogen and oxygen atoms in total. The van der Waals surface area contributed by atoms with Crippen LogP contribution in [0.1, 0.15) is 16.9 Å². The minimum atomic E-state index is 0.0623. The summed E-state index contributed by atoms with van der Waals surface area (Å²) in [4.78, 5) is 19.4. The lowest BCUT2D eigenvalue weighted by atomic mass is 10.2. The molecule has 0 atom stereocenters. The van der Waals surface area contributed by atoms with Gasteiger partial charge in [0.1, 0.15) is 17.2 Å². The van der Waals surface area contributed by atoms with Crippen molar-refractivity contribution in [2.24, 2.45) is 0 Å². The highest BCUT2D eigenvalue weighted by Gasteiger charge is 2.21. The molecule has 118 valence electrons. The minimum Gasteiger partial charge on any atom is -0.492 e. The van der Waals surface area contributed by atoms with Gasteiger partial charge in [0.05, 0.1) is 18.3 Å². The molecule has 0 spiro atoms. The second-order valence-electron chi connectivity index (χ2n) is 5.59. The molecular weight excluding hydrogens is 376 g/mol. The largest absolute Gasteiger partial charge is 0.492 e. The van der Waals surface area contributed by atoms with Gasteiger partial charge in [0.15, 0.2) is 0 Å². The zero-order valence-electron chi connectivity index (χ0n) is 12.4. The molecule has 2 heterocycles. The number of nitrogens with zero attached hydrogens (tertiary/aromatic N) is 2. The van der Waals surface area contributed by atoms with Crippen LogP contribution in [0.3, 0.4) is 0 Å². The highest BCUT2D eigenvalue weighted by Crippen LogP contribution is 2.34. The SMILES string of the molecule is O=c1c2c3c(sc2ncn1CCOc1cccc(Br)c1)CCC3. The Morgan fingerprint density at radius 1 is 1.35 bits per heavy atom. The second kappa shape index (κ2) is 6.09. The van der Waals surface area contributed by atoms with Gasteiger partial charge in [-0.3, -0.25) is 9.36 Å². The van der Waals surface area contributed by atoms with Crippen LogP contribution in [0.4, 0.5) is 0 Å². The fourth-order valence-corrected chi connectivity index (χ4v) is 4.60. The zero-order valence-corrected chi connectivity index (χ0v) is 14.8. The third kappa shape index (κ3) is 2.81. The van der Waals surface area contributed by atoms with Crippen molar-refractivity contribution in [2.45, 2.75) is 25.8 Å². The molecule has 6 heteroatoms. The van der Waals surface area contributed by atoms with E-state index in [0.717, 1.165) is 39.7 Å². The van der Waals surface area contributed by atoms with Crippen molar-refractivity contribution in [3.63, 3.8) is 0 Å². The highest BCUT2D eigenvalue weighted by molar-refractivity contribution is 9.10. The van der Waals surface area contributed by atoms with Gasteiger partial charge >= 0.3 is 0 Å². The molecule has 0 bridgehead atoms. The van der Waals surface area contributed by atoms with Crippen molar-refractivity contribution in [1.29, 1.82) is 0 Å². The molecule has 1 aromatic carbocycles. The van der Waals surface area contributed by atoms with Crippen molar-refractivity contribution < 1.29 is 4.74 Å². The van der Waals surface area contributed by atoms with E-state index in [-0.39, 0.29) is 5.56 Å². The number of aromatic nitrogens is 2. The van der Waals surface area contributed by atoms with E-state index in [9.17, 15) is 4.79 Å². The second-order valence-corrected chi connectivity index (χ2v) is 7.59. The fourth-order valence-electron chi connectivity index (χ4n) is 3.00. The fraction of sp³-hybridized carbons (Fsp3) is 0.294. The first-order valence-electron chi connectivity index (χ1n) is 7.60. The van der Waals surface area contributed by atoms with Gasteiger partial charge in [-0.2, -0.15) is 0 Å². The number of hydrogen-bond acceptors (Lipinski definition) is 4. The summed E-state index contributed by atoms with van der Waals surface area (Å²) < 4.78 is 8.35. The van der Waals surface area contributed by atoms with E-state index in [0.29, 0.717) is 13.2 Å². The predicted molar refractivity (Wildman–Crippen MR) is 95.5 cm³/mol. The van der Waals surface area contributed by atoms with Crippen LogP contribution in [0, 0.1) is 0 Å². The van der Waals surface area contributed by atoms with E-state index in [4.69, 9.17) is 4.74 Å². The maximum Gasteiger partial charge on any atom is 0.262 e. The monoisotopic (exact) mass is 390 g/mol. The molecule has 4 rings (SSSR count). The van der Waals surface area contributed by atoms with Gasteiger partial charge in [0, 0.05) is 9.35 Å². The number of aryl methyl sites for hydroxylation is 2. The Morgan fingerprint density at radius 3 is 3.13 bits per heavy atom. The minimum absolute atomic E-state index is 0.0623. The molecular formula is C17H15BrN2O2S. The number of ether oxygens (including phenoxy) is 1. The van der Waals surface area contributed by atoms with E-state index in [1.54, 1.807) is 22.2 Å². The maximum absolute atomic E-state index is 12.7. The van der Waals surface area contributed by atoms with Gasteiger partial charge in [-0.15, -0.1) is 11.3 Å². The Kier molecular flexibility index (Phi) is 3.95. The molecule has 0 saturated heterocycles. The van der Waals surface area contributed by atoms with E-state index in [1.165, 1.54) is 10.4 Å². The highest BCUT2D eigenvalue weighted by atomic mass is 79.9. The smallest absolute Gasteiger partial charge is 0.262 e. The van der Waals surface area contributed by atoms with Crippen LogP contribution in [-0.2, 0) is 19.4 Å². The summed E-state index contributed by atoms with van der Waals surface area (Å²) in [7, 11) is 0. The summed E-state index contributed by atoms with van der Waals surface area (Å²) >= 11 is 5.09. The molecule has 3 aromatic rings. The first kappa shape index (κ1) is 14.9. The maximum atomic E-state index is 12.7. The van der Waals surface area contributed by atoms with Crippen molar-refractivity contribution >= 4 is 37.5 Å². The van der Waals surface area contributed by atoms with Gasteiger partial charge in [-0.1, -0.05) is 22.0 Å². The van der Waals surface area contributed by atoms with Crippen LogP contribution in [0.2, 0.25) is 0 Å². The molecule has 1 aliphatic rings. The topological polar surface area (TPSA) is 44.1 Å². The Morgan fingerprint density at radius 2 is 2.26 bits per heavy atom. The Balaban J connectivity index is 1.55. The van der Waals surface area contributed by atoms with Crippen LogP contribution in [-0.4, -0.2) is 16.2 Å². The van der Waals surface area contributed by atoms with E-state index >= 15 is 0 Å². The first-order chi connectivity index (χ1) is 11.2. The molecule has 0 N–H and O–H groups in total. The lowest BCUT2D eigenvalue weighted by molar-refractivity contribution is 0.296. The third-order valence-corrected chi connectivity index (χ3v) is 5.78. The Labute approximate surface area is 145 Å². The Bertz CT molecular complexity index is 932. The van der Waals surface area contributed by atoms with Crippen LogP contribution in [0.5, 0.6) is 5.75 Å².